The highest BCUT2D eigenvalue weighted by atomic mass is 19.4. The molecule has 0 heterocycles. The van der Waals surface area contributed by atoms with Crippen LogP contribution in [-0.2, 0) is 0 Å². The molecule has 2 N–H and O–H groups in total. The second-order valence-corrected chi connectivity index (χ2v) is 3.85. The van der Waals surface area contributed by atoms with Crippen molar-refractivity contribution in [1.82, 2.24) is 10.2 Å². The molecule has 0 amide bonds. The fourth-order valence-electron chi connectivity index (χ4n) is 1.51. The Morgan fingerprint density at radius 2 is 1.94 bits per heavy atom. The van der Waals surface area contributed by atoms with E-state index >= 15 is 0 Å². The molecule has 0 aromatic carbocycles. The largest absolute Gasteiger partial charge is 0.401 e. The predicted molar refractivity (Wildman–Crippen MR) is 57.3 cm³/mol. The van der Waals surface area contributed by atoms with Crippen molar-refractivity contribution >= 4 is 0 Å². The molecule has 3 nitrogen and oxygen atoms in total. The van der Waals surface area contributed by atoms with Crippen LogP contribution in [0.4, 0.5) is 13.2 Å². The van der Waals surface area contributed by atoms with E-state index in [0.29, 0.717) is 25.9 Å². The maximum Gasteiger partial charge on any atom is 0.401 e. The van der Waals surface area contributed by atoms with Gasteiger partial charge in [-0.15, -0.1) is 0 Å². The zero-order valence-electron chi connectivity index (χ0n) is 9.85. The number of rotatable bonds is 8. The van der Waals surface area contributed by atoms with Gasteiger partial charge in [-0.3, -0.25) is 4.90 Å². The molecule has 0 radical (unpaired) electrons. The van der Waals surface area contributed by atoms with Crippen LogP contribution in [-0.4, -0.2) is 55.5 Å². The number of aliphatic hydroxyl groups is 1. The van der Waals surface area contributed by atoms with Gasteiger partial charge in [-0.25, -0.2) is 0 Å². The van der Waals surface area contributed by atoms with E-state index in [9.17, 15) is 13.2 Å². The Balaban J connectivity index is 4.02. The van der Waals surface area contributed by atoms with Crippen LogP contribution in [0.3, 0.4) is 0 Å². The standard InChI is InChI=1S/C10H21F3N2O/c1-3-5-15(8-10(11,12)13)6-4-9(7-16)14-2/h9,14,16H,3-8H2,1-2H3. The Labute approximate surface area is 94.6 Å². The van der Waals surface area contributed by atoms with Gasteiger partial charge in [0.1, 0.15) is 0 Å². The van der Waals surface area contributed by atoms with E-state index < -0.39 is 12.7 Å². The van der Waals surface area contributed by atoms with Gasteiger partial charge in [0.2, 0.25) is 0 Å². The lowest BCUT2D eigenvalue weighted by molar-refractivity contribution is -0.146. The van der Waals surface area contributed by atoms with Crippen LogP contribution < -0.4 is 5.32 Å². The molecule has 0 aliphatic carbocycles. The van der Waals surface area contributed by atoms with E-state index in [-0.39, 0.29) is 12.6 Å². The Morgan fingerprint density at radius 1 is 1.31 bits per heavy atom. The first-order valence-electron chi connectivity index (χ1n) is 5.50. The third-order valence-corrected chi connectivity index (χ3v) is 2.37. The molecule has 0 aliphatic rings. The van der Waals surface area contributed by atoms with Crippen molar-refractivity contribution in [2.45, 2.75) is 32.0 Å². The summed E-state index contributed by atoms with van der Waals surface area (Å²) in [6.45, 7) is 1.71. The number of alkyl halides is 3. The van der Waals surface area contributed by atoms with Gasteiger partial charge in [-0.05, 0) is 26.4 Å². The maximum atomic E-state index is 12.2. The van der Waals surface area contributed by atoms with Crippen molar-refractivity contribution in [2.75, 3.05) is 33.3 Å². The average molecular weight is 242 g/mol. The number of hydrogen-bond acceptors (Lipinski definition) is 3. The first-order chi connectivity index (χ1) is 7.42. The predicted octanol–water partition coefficient (Wildman–Crippen LogP) is 1.23. The zero-order valence-corrected chi connectivity index (χ0v) is 9.85. The first kappa shape index (κ1) is 15.7. The van der Waals surface area contributed by atoms with Gasteiger partial charge in [-0.2, -0.15) is 13.2 Å². The van der Waals surface area contributed by atoms with Gasteiger partial charge in [0.25, 0.3) is 0 Å². The van der Waals surface area contributed by atoms with Crippen molar-refractivity contribution < 1.29 is 18.3 Å². The molecule has 0 spiro atoms. The van der Waals surface area contributed by atoms with Gasteiger partial charge in [-0.1, -0.05) is 6.92 Å². The molecule has 0 aliphatic heterocycles. The molecule has 0 fully saturated rings. The van der Waals surface area contributed by atoms with Crippen molar-refractivity contribution in [3.8, 4) is 0 Å². The fourth-order valence-corrected chi connectivity index (χ4v) is 1.51. The highest BCUT2D eigenvalue weighted by Gasteiger charge is 2.30. The second kappa shape index (κ2) is 7.86. The quantitative estimate of drug-likeness (QED) is 0.672. The third kappa shape index (κ3) is 7.90. The fraction of sp³-hybridized carbons (Fsp3) is 1.00. The van der Waals surface area contributed by atoms with E-state index in [1.807, 2.05) is 6.92 Å². The van der Waals surface area contributed by atoms with E-state index in [1.165, 1.54) is 4.90 Å². The number of nitrogens with one attached hydrogen (secondary N) is 1. The molecule has 0 aromatic rings. The molecular formula is C10H21F3N2O. The Hall–Kier alpha value is -0.330. The molecule has 1 atom stereocenters. The Morgan fingerprint density at radius 3 is 2.31 bits per heavy atom. The zero-order chi connectivity index (χ0) is 12.6. The molecule has 0 bridgehead atoms. The minimum atomic E-state index is -4.15. The van der Waals surface area contributed by atoms with Crippen LogP contribution in [0.2, 0.25) is 0 Å². The summed E-state index contributed by atoms with van der Waals surface area (Å²) in [6.07, 6.45) is -2.94. The van der Waals surface area contributed by atoms with E-state index in [4.69, 9.17) is 5.11 Å². The van der Waals surface area contributed by atoms with Gasteiger partial charge >= 0.3 is 6.18 Å². The highest BCUT2D eigenvalue weighted by Crippen LogP contribution is 2.16. The summed E-state index contributed by atoms with van der Waals surface area (Å²) >= 11 is 0. The lowest BCUT2D eigenvalue weighted by Crippen LogP contribution is -2.39. The number of aliphatic hydroxyl groups excluding tert-OH is 1. The summed E-state index contributed by atoms with van der Waals surface area (Å²) < 4.78 is 36.6. The lowest BCUT2D eigenvalue weighted by atomic mass is 10.2. The van der Waals surface area contributed by atoms with E-state index in [2.05, 4.69) is 5.32 Å². The third-order valence-electron chi connectivity index (χ3n) is 2.37. The van der Waals surface area contributed by atoms with Gasteiger partial charge in [0.15, 0.2) is 0 Å². The summed E-state index contributed by atoms with van der Waals surface area (Å²) in [4.78, 5) is 1.38. The van der Waals surface area contributed by atoms with Gasteiger partial charge in [0, 0.05) is 12.6 Å². The van der Waals surface area contributed by atoms with Crippen molar-refractivity contribution in [3.05, 3.63) is 0 Å². The van der Waals surface area contributed by atoms with Crippen LogP contribution in [0.5, 0.6) is 0 Å². The Kier molecular flexibility index (Phi) is 7.70. The van der Waals surface area contributed by atoms with E-state index in [1.54, 1.807) is 7.05 Å². The molecule has 0 aromatic heterocycles. The second-order valence-electron chi connectivity index (χ2n) is 3.85. The van der Waals surface area contributed by atoms with Crippen molar-refractivity contribution in [2.24, 2.45) is 0 Å². The molecule has 0 saturated heterocycles. The van der Waals surface area contributed by atoms with Crippen LogP contribution >= 0.6 is 0 Å². The monoisotopic (exact) mass is 242 g/mol. The molecule has 1 unspecified atom stereocenters. The first-order valence-corrected chi connectivity index (χ1v) is 5.50. The summed E-state index contributed by atoms with van der Waals surface area (Å²) in [7, 11) is 1.69. The topological polar surface area (TPSA) is 35.5 Å². The normalized spacial score (nSPS) is 14.4. The van der Waals surface area contributed by atoms with Gasteiger partial charge < -0.3 is 10.4 Å². The van der Waals surface area contributed by atoms with Gasteiger partial charge in [0.05, 0.1) is 13.2 Å². The summed E-state index contributed by atoms with van der Waals surface area (Å²) in [5, 5.41) is 11.8. The highest BCUT2D eigenvalue weighted by molar-refractivity contribution is 4.68. The molecule has 98 valence electrons. The van der Waals surface area contributed by atoms with Crippen molar-refractivity contribution in [1.29, 1.82) is 0 Å². The van der Waals surface area contributed by atoms with Crippen molar-refractivity contribution in [3.63, 3.8) is 0 Å². The molecule has 16 heavy (non-hydrogen) atoms. The van der Waals surface area contributed by atoms with Crippen LogP contribution in [0.15, 0.2) is 0 Å². The Bertz CT molecular complexity index is 172. The SMILES string of the molecule is CCCN(CCC(CO)NC)CC(F)(F)F. The minimum absolute atomic E-state index is 0.0531. The number of nitrogens with zero attached hydrogens (tertiary/aromatic N) is 1. The molecule has 6 heteroatoms. The smallest absolute Gasteiger partial charge is 0.395 e. The minimum Gasteiger partial charge on any atom is -0.395 e. The maximum absolute atomic E-state index is 12.2. The summed E-state index contributed by atoms with van der Waals surface area (Å²) in [5.74, 6) is 0. The van der Waals surface area contributed by atoms with Crippen LogP contribution in [0, 0.1) is 0 Å². The van der Waals surface area contributed by atoms with E-state index in [0.717, 1.165) is 0 Å². The molecular weight excluding hydrogens is 221 g/mol. The molecule has 0 saturated carbocycles. The van der Waals surface area contributed by atoms with Crippen LogP contribution in [0.1, 0.15) is 19.8 Å². The number of halogens is 3. The summed E-state index contributed by atoms with van der Waals surface area (Å²) in [5.41, 5.74) is 0. The summed E-state index contributed by atoms with van der Waals surface area (Å²) in [6, 6.07) is -0.132. The number of likely N-dealkylation sites (N-methyl/N-ethyl adjacent to an activating group) is 1. The lowest BCUT2D eigenvalue weighted by Gasteiger charge is -2.24. The van der Waals surface area contributed by atoms with Crippen LogP contribution in [0.25, 0.3) is 0 Å². The molecule has 0 rings (SSSR count). The number of hydrogen-bond donors (Lipinski definition) is 2. The average Bonchev–Trinajstić information content (AvgIpc) is 2.17.